The lowest BCUT2D eigenvalue weighted by Crippen LogP contribution is -2.49. The van der Waals surface area contributed by atoms with Crippen LogP contribution < -0.4 is 4.90 Å². The highest BCUT2D eigenvalue weighted by molar-refractivity contribution is 6.06. The van der Waals surface area contributed by atoms with Crippen LogP contribution in [0.25, 0.3) is 0 Å². The van der Waals surface area contributed by atoms with Gasteiger partial charge >= 0.3 is 5.97 Å². The van der Waals surface area contributed by atoms with Gasteiger partial charge in [-0.3, -0.25) is 9.59 Å². The molecule has 1 saturated carbocycles. The van der Waals surface area contributed by atoms with Gasteiger partial charge < -0.3 is 14.9 Å². The Hall–Kier alpha value is -1.88. The summed E-state index contributed by atoms with van der Waals surface area (Å²) >= 11 is 0. The minimum atomic E-state index is -0.910. The highest BCUT2D eigenvalue weighted by Crippen LogP contribution is 2.42. The number of nitrogens with zero attached hydrogens (tertiary/aromatic N) is 2. The van der Waals surface area contributed by atoms with E-state index in [2.05, 4.69) is 4.90 Å². The molecule has 0 bridgehead atoms. The van der Waals surface area contributed by atoms with Crippen LogP contribution in [0, 0.1) is 0 Å². The summed E-state index contributed by atoms with van der Waals surface area (Å²) in [5, 5.41) is 9.22. The normalized spacial score (nSPS) is 25.5. The van der Waals surface area contributed by atoms with Crippen molar-refractivity contribution in [2.45, 2.75) is 69.4 Å². The summed E-state index contributed by atoms with van der Waals surface area (Å²) in [6.07, 6.45) is 8.55. The van der Waals surface area contributed by atoms with Gasteiger partial charge in [-0.1, -0.05) is 37.5 Å². The first-order valence-electron chi connectivity index (χ1n) is 10.0. The summed E-state index contributed by atoms with van der Waals surface area (Å²) in [5.41, 5.74) is 1.81. The summed E-state index contributed by atoms with van der Waals surface area (Å²) in [7, 11) is 0. The molecule has 0 aromatic heterocycles. The van der Waals surface area contributed by atoms with Gasteiger partial charge in [-0.05, 0) is 37.3 Å². The average molecular weight is 356 g/mol. The molecule has 5 nitrogen and oxygen atoms in total. The van der Waals surface area contributed by atoms with Crippen molar-refractivity contribution in [3.05, 3.63) is 29.8 Å². The first-order valence-corrected chi connectivity index (χ1v) is 10.0. The number of hydrogen-bond acceptors (Lipinski definition) is 3. The lowest BCUT2D eigenvalue weighted by Gasteiger charge is -2.41. The van der Waals surface area contributed by atoms with Gasteiger partial charge in [0.05, 0.1) is 12.3 Å². The van der Waals surface area contributed by atoms with E-state index < -0.39 is 11.9 Å². The second-order valence-corrected chi connectivity index (χ2v) is 7.98. The van der Waals surface area contributed by atoms with Crippen molar-refractivity contribution >= 4 is 17.6 Å². The molecule has 1 N–H and O–H groups in total. The molecule has 0 spiro atoms. The number of carboxylic acid groups (broad SMARTS) is 1. The lowest BCUT2D eigenvalue weighted by atomic mass is 9.91. The monoisotopic (exact) mass is 356 g/mol. The van der Waals surface area contributed by atoms with Gasteiger partial charge in [-0.15, -0.1) is 0 Å². The zero-order chi connectivity index (χ0) is 18.1. The second kappa shape index (κ2) is 7.39. The highest BCUT2D eigenvalue weighted by atomic mass is 16.4. The average Bonchev–Trinajstić information content (AvgIpc) is 2.94. The first-order chi connectivity index (χ1) is 12.6. The van der Waals surface area contributed by atoms with Crippen LogP contribution >= 0.6 is 0 Å². The van der Waals surface area contributed by atoms with E-state index in [4.69, 9.17) is 0 Å². The van der Waals surface area contributed by atoms with Crippen LogP contribution in [0.5, 0.6) is 0 Å². The highest BCUT2D eigenvalue weighted by Gasteiger charge is 2.42. The number of carboxylic acids is 1. The molecule has 3 aliphatic rings. The van der Waals surface area contributed by atoms with Crippen LogP contribution in [0.2, 0.25) is 0 Å². The zero-order valence-corrected chi connectivity index (χ0v) is 15.3. The SMILES string of the molecule is O=C(O)CC1C(=O)N(C2CCN(C3CCCCC3)CC2)c2ccccc21. The van der Waals surface area contributed by atoms with Gasteiger partial charge in [0.2, 0.25) is 5.91 Å². The van der Waals surface area contributed by atoms with Gasteiger partial charge in [-0.2, -0.15) is 0 Å². The second-order valence-electron chi connectivity index (χ2n) is 7.98. The fourth-order valence-corrected chi connectivity index (χ4v) is 5.13. The predicted molar refractivity (Wildman–Crippen MR) is 100 cm³/mol. The molecular formula is C21H28N2O3. The summed E-state index contributed by atoms with van der Waals surface area (Å²) in [4.78, 5) is 28.8. The first kappa shape index (κ1) is 17.5. The van der Waals surface area contributed by atoms with E-state index >= 15 is 0 Å². The number of carbonyl (C=O) groups is 2. The largest absolute Gasteiger partial charge is 0.481 e. The molecule has 5 heteroatoms. The van der Waals surface area contributed by atoms with Crippen LogP contribution in [0.3, 0.4) is 0 Å². The Bertz CT molecular complexity index is 676. The molecular weight excluding hydrogens is 328 g/mol. The molecule has 1 aliphatic carbocycles. The number of carbonyl (C=O) groups excluding carboxylic acids is 1. The molecule has 1 saturated heterocycles. The molecule has 4 rings (SSSR count). The van der Waals surface area contributed by atoms with Crippen LogP contribution in [0.4, 0.5) is 5.69 Å². The number of piperidine rings is 1. The third-order valence-electron chi connectivity index (χ3n) is 6.44. The van der Waals surface area contributed by atoms with E-state index in [0.29, 0.717) is 0 Å². The number of amides is 1. The minimum Gasteiger partial charge on any atom is -0.481 e. The molecule has 1 unspecified atom stereocenters. The van der Waals surface area contributed by atoms with Crippen LogP contribution in [-0.4, -0.2) is 47.1 Å². The quantitative estimate of drug-likeness (QED) is 0.898. The molecule has 1 aromatic rings. The maximum Gasteiger partial charge on any atom is 0.304 e. The fraction of sp³-hybridized carbons (Fsp3) is 0.619. The standard InChI is InChI=1S/C21H28N2O3/c24-20(25)14-18-17-8-4-5-9-19(17)23(21(18)26)16-10-12-22(13-11-16)15-6-2-1-3-7-15/h4-5,8-9,15-16,18H,1-3,6-7,10-14H2,(H,24,25). The summed E-state index contributed by atoms with van der Waals surface area (Å²) < 4.78 is 0. The van der Waals surface area contributed by atoms with Gasteiger partial charge in [-0.25, -0.2) is 0 Å². The van der Waals surface area contributed by atoms with E-state index in [0.717, 1.165) is 43.2 Å². The Morgan fingerprint density at radius 1 is 1.00 bits per heavy atom. The maximum atomic E-state index is 13.0. The van der Waals surface area contributed by atoms with Crippen molar-refractivity contribution in [3.63, 3.8) is 0 Å². The molecule has 1 atom stereocenters. The molecule has 2 fully saturated rings. The predicted octanol–water partition coefficient (Wildman–Crippen LogP) is 3.39. The third-order valence-corrected chi connectivity index (χ3v) is 6.44. The Balaban J connectivity index is 1.48. The number of fused-ring (bicyclic) bond motifs is 1. The molecule has 1 amide bonds. The fourth-order valence-electron chi connectivity index (χ4n) is 5.13. The third kappa shape index (κ3) is 3.25. The number of anilines is 1. The number of benzene rings is 1. The summed E-state index contributed by atoms with van der Waals surface area (Å²) in [6, 6.07) is 8.66. The number of hydrogen-bond donors (Lipinski definition) is 1. The van der Waals surface area contributed by atoms with Gasteiger partial charge in [0.1, 0.15) is 0 Å². The van der Waals surface area contributed by atoms with Crippen molar-refractivity contribution in [1.29, 1.82) is 0 Å². The van der Waals surface area contributed by atoms with E-state index in [9.17, 15) is 14.7 Å². The Kier molecular flexibility index (Phi) is 4.98. The van der Waals surface area contributed by atoms with E-state index in [1.54, 1.807) is 0 Å². The van der Waals surface area contributed by atoms with Crippen molar-refractivity contribution in [2.24, 2.45) is 0 Å². The lowest BCUT2D eigenvalue weighted by molar-refractivity contribution is -0.139. The molecule has 2 aliphatic heterocycles. The van der Waals surface area contributed by atoms with Gasteiger partial charge in [0, 0.05) is 30.9 Å². The van der Waals surface area contributed by atoms with Crippen molar-refractivity contribution in [1.82, 2.24) is 4.90 Å². The molecule has 140 valence electrons. The Morgan fingerprint density at radius 2 is 1.69 bits per heavy atom. The number of para-hydroxylation sites is 1. The molecule has 2 heterocycles. The topological polar surface area (TPSA) is 60.9 Å². The smallest absolute Gasteiger partial charge is 0.304 e. The van der Waals surface area contributed by atoms with Crippen LogP contribution in [-0.2, 0) is 9.59 Å². The van der Waals surface area contributed by atoms with Crippen molar-refractivity contribution in [2.75, 3.05) is 18.0 Å². The zero-order valence-electron chi connectivity index (χ0n) is 15.3. The van der Waals surface area contributed by atoms with E-state index in [-0.39, 0.29) is 18.4 Å². The van der Waals surface area contributed by atoms with Crippen molar-refractivity contribution < 1.29 is 14.7 Å². The van der Waals surface area contributed by atoms with E-state index in [1.807, 2.05) is 29.2 Å². The summed E-state index contributed by atoms with van der Waals surface area (Å²) in [6.45, 7) is 2.09. The van der Waals surface area contributed by atoms with Gasteiger partial charge in [0.25, 0.3) is 0 Å². The van der Waals surface area contributed by atoms with E-state index in [1.165, 1.54) is 32.1 Å². The van der Waals surface area contributed by atoms with Crippen LogP contribution in [0.15, 0.2) is 24.3 Å². The minimum absolute atomic E-state index is 0.0234. The van der Waals surface area contributed by atoms with Crippen LogP contribution in [0.1, 0.15) is 62.8 Å². The Labute approximate surface area is 155 Å². The Morgan fingerprint density at radius 3 is 2.38 bits per heavy atom. The number of aliphatic carboxylic acids is 1. The molecule has 1 aromatic carbocycles. The number of likely N-dealkylation sites (tertiary alicyclic amines) is 1. The summed E-state index contributed by atoms with van der Waals surface area (Å²) in [5.74, 6) is -1.46. The van der Waals surface area contributed by atoms with Gasteiger partial charge in [0.15, 0.2) is 0 Å². The number of rotatable bonds is 4. The molecule has 26 heavy (non-hydrogen) atoms. The van der Waals surface area contributed by atoms with Crippen molar-refractivity contribution in [3.8, 4) is 0 Å². The maximum absolute atomic E-state index is 13.0. The molecule has 0 radical (unpaired) electrons.